The molecule has 0 aliphatic carbocycles. The van der Waals surface area contributed by atoms with Gasteiger partial charge in [-0.1, -0.05) is 6.92 Å². The number of nitrogens with zero attached hydrogens (tertiary/aromatic N) is 2. The molecule has 1 aromatic heterocycles. The third-order valence-electron chi connectivity index (χ3n) is 2.47. The van der Waals surface area contributed by atoms with Gasteiger partial charge >= 0.3 is 0 Å². The van der Waals surface area contributed by atoms with Crippen molar-refractivity contribution in [3.8, 4) is 0 Å². The fourth-order valence-electron chi connectivity index (χ4n) is 1.56. The number of hydrogen-bond donors (Lipinski definition) is 2. The molecule has 0 fully saturated rings. The summed E-state index contributed by atoms with van der Waals surface area (Å²) in [5, 5.41) is 6.63. The smallest absolute Gasteiger partial charge is 0.271 e. The molecule has 0 unspecified atom stereocenters. The van der Waals surface area contributed by atoms with Crippen LogP contribution in [-0.2, 0) is 23.3 Å². The topological polar surface area (TPSA) is 107 Å². The minimum atomic E-state index is -3.09. The van der Waals surface area contributed by atoms with Crippen LogP contribution in [0.1, 0.15) is 23.1 Å². The number of carbonyl (C=O) groups is 1. The molecular weight excluding hydrogens is 256 g/mol. The molecule has 102 valence electrons. The summed E-state index contributed by atoms with van der Waals surface area (Å²) in [4.78, 5) is 11.9. The lowest BCUT2D eigenvalue weighted by atomic mass is 10.2. The van der Waals surface area contributed by atoms with Crippen LogP contribution in [0.5, 0.6) is 0 Å². The number of nitrogen functional groups attached to an aromatic ring is 1. The number of amides is 1. The highest BCUT2D eigenvalue weighted by atomic mass is 32.2. The first-order chi connectivity index (χ1) is 8.26. The maximum Gasteiger partial charge on any atom is 0.271 e. The van der Waals surface area contributed by atoms with Gasteiger partial charge in [0.25, 0.3) is 5.91 Å². The van der Waals surface area contributed by atoms with Crippen LogP contribution in [0.25, 0.3) is 0 Å². The Morgan fingerprint density at radius 1 is 1.50 bits per heavy atom. The van der Waals surface area contributed by atoms with Crippen molar-refractivity contribution in [1.29, 1.82) is 0 Å². The number of rotatable bonds is 5. The molecule has 1 aromatic rings. The second-order valence-electron chi connectivity index (χ2n) is 4.07. The van der Waals surface area contributed by atoms with E-state index in [9.17, 15) is 13.2 Å². The standard InChI is InChI=1S/C10H18N4O3S/c1-4-7-8(11)9(14(2)13-7)10(15)12-5-6-18(3,16)17/h4-6,11H2,1-3H3,(H,12,15). The zero-order valence-corrected chi connectivity index (χ0v) is 11.5. The lowest BCUT2D eigenvalue weighted by molar-refractivity contribution is 0.0947. The Bertz CT molecular complexity index is 548. The fraction of sp³-hybridized carbons (Fsp3) is 0.600. The van der Waals surface area contributed by atoms with Gasteiger partial charge in [-0.3, -0.25) is 9.48 Å². The van der Waals surface area contributed by atoms with Crippen molar-refractivity contribution in [3.63, 3.8) is 0 Å². The van der Waals surface area contributed by atoms with Crippen molar-refractivity contribution in [1.82, 2.24) is 15.1 Å². The van der Waals surface area contributed by atoms with Gasteiger partial charge in [0.05, 0.1) is 17.1 Å². The fourth-order valence-corrected chi connectivity index (χ4v) is 2.03. The van der Waals surface area contributed by atoms with E-state index in [2.05, 4.69) is 10.4 Å². The van der Waals surface area contributed by atoms with Gasteiger partial charge in [0, 0.05) is 19.8 Å². The average molecular weight is 274 g/mol. The molecule has 1 rings (SSSR count). The molecule has 0 saturated carbocycles. The van der Waals surface area contributed by atoms with E-state index in [1.807, 2.05) is 6.92 Å². The van der Waals surface area contributed by atoms with Crippen LogP contribution in [-0.4, -0.2) is 42.7 Å². The van der Waals surface area contributed by atoms with Crippen molar-refractivity contribution in [3.05, 3.63) is 11.4 Å². The SMILES string of the molecule is CCc1nn(C)c(C(=O)NCCS(C)(=O)=O)c1N. The Morgan fingerprint density at radius 2 is 2.11 bits per heavy atom. The zero-order chi connectivity index (χ0) is 13.9. The maximum absolute atomic E-state index is 11.9. The van der Waals surface area contributed by atoms with Gasteiger partial charge in [0.1, 0.15) is 15.5 Å². The van der Waals surface area contributed by atoms with Crippen molar-refractivity contribution in [2.24, 2.45) is 7.05 Å². The molecule has 0 spiro atoms. The average Bonchev–Trinajstić information content (AvgIpc) is 2.51. The zero-order valence-electron chi connectivity index (χ0n) is 10.7. The van der Waals surface area contributed by atoms with Gasteiger partial charge in [-0.25, -0.2) is 8.42 Å². The quantitative estimate of drug-likeness (QED) is 0.741. The Hall–Kier alpha value is -1.57. The first-order valence-electron chi connectivity index (χ1n) is 5.53. The molecule has 3 N–H and O–H groups in total. The van der Waals surface area contributed by atoms with E-state index in [1.54, 1.807) is 7.05 Å². The van der Waals surface area contributed by atoms with Crippen molar-refractivity contribution < 1.29 is 13.2 Å². The summed E-state index contributed by atoms with van der Waals surface area (Å²) < 4.78 is 23.3. The van der Waals surface area contributed by atoms with Crippen LogP contribution in [0.3, 0.4) is 0 Å². The minimum Gasteiger partial charge on any atom is -0.395 e. The molecular formula is C10H18N4O3S. The molecule has 1 heterocycles. The Morgan fingerprint density at radius 3 is 2.56 bits per heavy atom. The van der Waals surface area contributed by atoms with Crippen LogP contribution >= 0.6 is 0 Å². The first kappa shape index (κ1) is 14.5. The van der Waals surface area contributed by atoms with Crippen LogP contribution in [0, 0.1) is 0 Å². The number of hydrogen-bond acceptors (Lipinski definition) is 5. The Kier molecular flexibility index (Phi) is 4.33. The summed E-state index contributed by atoms with van der Waals surface area (Å²) in [7, 11) is -1.46. The molecule has 0 saturated heterocycles. The summed E-state index contributed by atoms with van der Waals surface area (Å²) in [6.45, 7) is 1.95. The van der Waals surface area contributed by atoms with E-state index in [0.717, 1.165) is 6.26 Å². The van der Waals surface area contributed by atoms with Crippen LogP contribution < -0.4 is 11.1 Å². The summed E-state index contributed by atoms with van der Waals surface area (Å²) >= 11 is 0. The largest absolute Gasteiger partial charge is 0.395 e. The molecule has 0 radical (unpaired) electrons. The number of nitrogens with one attached hydrogen (secondary N) is 1. The van der Waals surface area contributed by atoms with E-state index in [0.29, 0.717) is 17.8 Å². The molecule has 8 heteroatoms. The van der Waals surface area contributed by atoms with Gasteiger partial charge in [0.15, 0.2) is 0 Å². The van der Waals surface area contributed by atoms with E-state index < -0.39 is 15.7 Å². The van der Waals surface area contributed by atoms with E-state index in [-0.39, 0.29) is 18.0 Å². The van der Waals surface area contributed by atoms with Crippen LogP contribution in [0.4, 0.5) is 5.69 Å². The summed E-state index contributed by atoms with van der Waals surface area (Å²) in [6, 6.07) is 0. The molecule has 18 heavy (non-hydrogen) atoms. The second-order valence-corrected chi connectivity index (χ2v) is 6.33. The van der Waals surface area contributed by atoms with Crippen LogP contribution in [0.15, 0.2) is 0 Å². The molecule has 7 nitrogen and oxygen atoms in total. The lowest BCUT2D eigenvalue weighted by Gasteiger charge is -2.05. The monoisotopic (exact) mass is 274 g/mol. The molecule has 0 aromatic carbocycles. The van der Waals surface area contributed by atoms with Gasteiger partial charge in [0.2, 0.25) is 0 Å². The summed E-state index contributed by atoms with van der Waals surface area (Å²) in [5.74, 6) is -0.511. The predicted octanol–water partition coefficient (Wildman–Crippen LogP) is -0.661. The van der Waals surface area contributed by atoms with Gasteiger partial charge < -0.3 is 11.1 Å². The van der Waals surface area contributed by atoms with Crippen molar-refractivity contribution >= 4 is 21.4 Å². The predicted molar refractivity (Wildman–Crippen MR) is 69.0 cm³/mol. The van der Waals surface area contributed by atoms with Crippen molar-refractivity contribution in [2.75, 3.05) is 24.3 Å². The van der Waals surface area contributed by atoms with E-state index in [1.165, 1.54) is 4.68 Å². The highest BCUT2D eigenvalue weighted by Gasteiger charge is 2.18. The highest BCUT2D eigenvalue weighted by Crippen LogP contribution is 2.16. The van der Waals surface area contributed by atoms with E-state index >= 15 is 0 Å². The molecule has 0 bridgehead atoms. The summed E-state index contributed by atoms with van der Waals surface area (Å²) in [6.07, 6.45) is 1.75. The number of carbonyl (C=O) groups excluding carboxylic acids is 1. The Labute approximate surface area is 106 Å². The Balaban J connectivity index is 2.76. The number of aromatic nitrogens is 2. The minimum absolute atomic E-state index is 0.0593. The van der Waals surface area contributed by atoms with Crippen LogP contribution in [0.2, 0.25) is 0 Å². The number of anilines is 1. The molecule has 1 amide bonds. The highest BCUT2D eigenvalue weighted by molar-refractivity contribution is 7.90. The molecule has 0 aliphatic rings. The van der Waals surface area contributed by atoms with Gasteiger partial charge in [-0.15, -0.1) is 0 Å². The second kappa shape index (κ2) is 5.38. The number of aryl methyl sites for hydroxylation is 2. The van der Waals surface area contributed by atoms with Gasteiger partial charge in [-0.2, -0.15) is 5.10 Å². The maximum atomic E-state index is 11.9. The normalized spacial score (nSPS) is 11.5. The van der Waals surface area contributed by atoms with Crippen molar-refractivity contribution in [2.45, 2.75) is 13.3 Å². The van der Waals surface area contributed by atoms with Gasteiger partial charge in [-0.05, 0) is 6.42 Å². The number of nitrogens with two attached hydrogens (primary N) is 1. The van der Waals surface area contributed by atoms with E-state index in [4.69, 9.17) is 5.73 Å². The molecule has 0 aliphatic heterocycles. The third kappa shape index (κ3) is 3.46. The first-order valence-corrected chi connectivity index (χ1v) is 7.59. The lowest BCUT2D eigenvalue weighted by Crippen LogP contribution is -2.30. The number of sulfone groups is 1. The third-order valence-corrected chi connectivity index (χ3v) is 3.41. The molecule has 0 atom stereocenters. The summed E-state index contributed by atoms with van der Waals surface area (Å²) in [5.41, 5.74) is 7.08.